The highest BCUT2D eigenvalue weighted by Crippen LogP contribution is 2.41. The number of likely N-dealkylation sites (tertiary alicyclic amines) is 1. The fourth-order valence-electron chi connectivity index (χ4n) is 5.01. The zero-order chi connectivity index (χ0) is 27.9. The Labute approximate surface area is 234 Å². The first kappa shape index (κ1) is 27.4. The number of hydrogen-bond acceptors (Lipinski definition) is 7. The van der Waals surface area contributed by atoms with E-state index in [0.717, 1.165) is 19.5 Å². The van der Waals surface area contributed by atoms with Crippen LogP contribution in [0.2, 0.25) is 0 Å². The van der Waals surface area contributed by atoms with Crippen molar-refractivity contribution >= 4 is 17.4 Å². The third-order valence-corrected chi connectivity index (χ3v) is 7.03. The number of carbonyl (C=O) groups is 2. The molecule has 2 saturated heterocycles. The van der Waals surface area contributed by atoms with Crippen LogP contribution < -0.4 is 9.47 Å². The first-order valence-electron chi connectivity index (χ1n) is 13.7. The summed E-state index contributed by atoms with van der Waals surface area (Å²) in [5.41, 5.74) is 1.15. The number of aliphatic hydroxyl groups excluding tert-OH is 1. The van der Waals surface area contributed by atoms with Crippen LogP contribution in [-0.2, 0) is 14.3 Å². The van der Waals surface area contributed by atoms with Gasteiger partial charge in [-0.25, -0.2) is 0 Å². The smallest absolute Gasteiger partial charge is 0.295 e. The van der Waals surface area contributed by atoms with E-state index < -0.39 is 17.7 Å². The topological polar surface area (TPSA) is 88.5 Å². The molecule has 40 heavy (non-hydrogen) atoms. The summed E-state index contributed by atoms with van der Waals surface area (Å²) in [7, 11) is 0. The number of nitrogens with zero attached hydrogens (tertiary/aromatic N) is 2. The standard InChI is InChI=1S/C32H34N2O6/c1-2-18-39-26-12-7-9-24(22-26)30(35)28-29(23-8-6-13-27(21-23)40-25-10-4-3-5-11-25)34(32(37)31(28)36)15-14-33-16-19-38-20-17-33/h3-13,21-22,29,35H,2,14-20H2,1H3. The van der Waals surface area contributed by atoms with Crippen LogP contribution in [0.1, 0.15) is 30.5 Å². The molecule has 2 aliphatic heterocycles. The molecular formula is C32H34N2O6. The molecule has 208 valence electrons. The van der Waals surface area contributed by atoms with Crippen molar-refractivity contribution in [2.45, 2.75) is 19.4 Å². The molecule has 0 aromatic heterocycles. The average Bonchev–Trinajstić information content (AvgIpc) is 3.25. The lowest BCUT2D eigenvalue weighted by Crippen LogP contribution is -2.42. The monoisotopic (exact) mass is 542 g/mol. The maximum Gasteiger partial charge on any atom is 0.295 e. The largest absolute Gasteiger partial charge is 0.507 e. The van der Waals surface area contributed by atoms with Crippen molar-refractivity contribution in [2.24, 2.45) is 0 Å². The number of carbonyl (C=O) groups excluding carboxylic acids is 2. The Morgan fingerprint density at radius 1 is 0.900 bits per heavy atom. The van der Waals surface area contributed by atoms with E-state index >= 15 is 0 Å². The van der Waals surface area contributed by atoms with Crippen LogP contribution in [0.3, 0.4) is 0 Å². The third kappa shape index (κ3) is 6.19. The molecular weight excluding hydrogens is 508 g/mol. The van der Waals surface area contributed by atoms with Crippen molar-refractivity contribution in [3.63, 3.8) is 0 Å². The van der Waals surface area contributed by atoms with Gasteiger partial charge in [0.25, 0.3) is 11.7 Å². The number of hydrogen-bond donors (Lipinski definition) is 1. The second-order valence-electron chi connectivity index (χ2n) is 9.81. The van der Waals surface area contributed by atoms with Gasteiger partial charge in [0.05, 0.1) is 31.4 Å². The van der Waals surface area contributed by atoms with Gasteiger partial charge in [-0.15, -0.1) is 0 Å². The zero-order valence-electron chi connectivity index (χ0n) is 22.6. The summed E-state index contributed by atoms with van der Waals surface area (Å²) in [5.74, 6) is 0.254. The summed E-state index contributed by atoms with van der Waals surface area (Å²) in [6.45, 7) is 6.26. The Bertz CT molecular complexity index is 1370. The zero-order valence-corrected chi connectivity index (χ0v) is 22.6. The second kappa shape index (κ2) is 12.8. The van der Waals surface area contributed by atoms with Gasteiger partial charge in [-0.2, -0.15) is 0 Å². The highest BCUT2D eigenvalue weighted by atomic mass is 16.5. The number of amides is 1. The summed E-state index contributed by atoms with van der Waals surface area (Å²) in [5, 5.41) is 11.5. The van der Waals surface area contributed by atoms with E-state index in [0.29, 0.717) is 61.3 Å². The number of aliphatic hydroxyl groups is 1. The van der Waals surface area contributed by atoms with Gasteiger partial charge in [0.1, 0.15) is 23.0 Å². The maximum absolute atomic E-state index is 13.5. The number of ketones is 1. The SMILES string of the molecule is CCCOc1cccc(C(O)=C2C(=O)C(=O)N(CCN3CCOCC3)C2c2cccc(Oc3ccccc3)c2)c1. The molecule has 3 aromatic carbocycles. The molecule has 2 heterocycles. The van der Waals surface area contributed by atoms with E-state index in [1.165, 1.54) is 0 Å². The Morgan fingerprint density at radius 2 is 1.62 bits per heavy atom. The minimum absolute atomic E-state index is 0.0523. The van der Waals surface area contributed by atoms with Crippen LogP contribution in [0.4, 0.5) is 0 Å². The van der Waals surface area contributed by atoms with E-state index in [-0.39, 0.29) is 11.3 Å². The highest BCUT2D eigenvalue weighted by molar-refractivity contribution is 6.46. The second-order valence-corrected chi connectivity index (χ2v) is 9.81. The van der Waals surface area contributed by atoms with Gasteiger partial charge >= 0.3 is 0 Å². The van der Waals surface area contributed by atoms with E-state index in [1.54, 1.807) is 29.2 Å². The molecule has 1 N–H and O–H groups in total. The minimum Gasteiger partial charge on any atom is -0.507 e. The van der Waals surface area contributed by atoms with E-state index in [1.807, 2.05) is 61.5 Å². The van der Waals surface area contributed by atoms with Crippen molar-refractivity contribution in [3.05, 3.63) is 95.6 Å². The van der Waals surface area contributed by atoms with Crippen LogP contribution >= 0.6 is 0 Å². The first-order valence-corrected chi connectivity index (χ1v) is 13.7. The molecule has 2 aliphatic rings. The first-order chi connectivity index (χ1) is 19.5. The van der Waals surface area contributed by atoms with Gasteiger partial charge in [0.2, 0.25) is 0 Å². The fraction of sp³-hybridized carbons (Fsp3) is 0.312. The minimum atomic E-state index is -0.777. The van der Waals surface area contributed by atoms with Gasteiger partial charge in [-0.05, 0) is 48.4 Å². The summed E-state index contributed by atoms with van der Waals surface area (Å²) in [4.78, 5) is 30.7. The molecule has 0 aliphatic carbocycles. The Hall–Kier alpha value is -4.14. The van der Waals surface area contributed by atoms with Gasteiger partial charge in [-0.1, -0.05) is 49.4 Å². The van der Waals surface area contributed by atoms with E-state index in [4.69, 9.17) is 14.2 Å². The quantitative estimate of drug-likeness (QED) is 0.219. The number of rotatable bonds is 10. The Kier molecular flexibility index (Phi) is 8.78. The van der Waals surface area contributed by atoms with Gasteiger partial charge < -0.3 is 24.2 Å². The lowest BCUT2D eigenvalue weighted by atomic mass is 9.95. The molecule has 5 rings (SSSR count). The van der Waals surface area contributed by atoms with Crippen molar-refractivity contribution in [1.82, 2.24) is 9.80 Å². The summed E-state index contributed by atoms with van der Waals surface area (Å²) < 4.78 is 17.2. The van der Waals surface area contributed by atoms with Gasteiger partial charge in [0.15, 0.2) is 0 Å². The Balaban J connectivity index is 1.53. The van der Waals surface area contributed by atoms with Gasteiger partial charge in [-0.3, -0.25) is 14.5 Å². The Morgan fingerprint density at radius 3 is 2.40 bits per heavy atom. The van der Waals surface area contributed by atoms with Crippen LogP contribution in [0.15, 0.2) is 84.4 Å². The molecule has 0 spiro atoms. The van der Waals surface area contributed by atoms with E-state index in [9.17, 15) is 14.7 Å². The summed E-state index contributed by atoms with van der Waals surface area (Å²) in [6, 6.07) is 22.9. The number of Topliss-reactive ketones (excluding diaryl/α,β-unsaturated/α-hetero) is 1. The number of morpholine rings is 1. The molecule has 0 saturated carbocycles. The maximum atomic E-state index is 13.5. The normalized spacial score (nSPS) is 19.1. The fourth-order valence-corrected chi connectivity index (χ4v) is 5.01. The van der Waals surface area contributed by atoms with Crippen LogP contribution in [0.25, 0.3) is 5.76 Å². The van der Waals surface area contributed by atoms with Crippen molar-refractivity contribution in [1.29, 1.82) is 0 Å². The molecule has 0 radical (unpaired) electrons. The number of para-hydroxylation sites is 1. The lowest BCUT2D eigenvalue weighted by Gasteiger charge is -2.31. The van der Waals surface area contributed by atoms with Gasteiger partial charge in [0, 0.05) is 31.7 Å². The molecule has 3 aromatic rings. The van der Waals surface area contributed by atoms with Crippen molar-refractivity contribution < 1.29 is 28.9 Å². The van der Waals surface area contributed by atoms with Crippen LogP contribution in [0.5, 0.6) is 17.2 Å². The molecule has 2 fully saturated rings. The summed E-state index contributed by atoms with van der Waals surface area (Å²) in [6.07, 6.45) is 0.839. The van der Waals surface area contributed by atoms with Crippen LogP contribution in [-0.4, -0.2) is 72.6 Å². The molecule has 1 unspecified atom stereocenters. The average molecular weight is 543 g/mol. The number of ether oxygens (including phenoxy) is 3. The van der Waals surface area contributed by atoms with Crippen molar-refractivity contribution in [3.8, 4) is 17.2 Å². The summed E-state index contributed by atoms with van der Waals surface area (Å²) >= 11 is 0. The number of benzene rings is 3. The third-order valence-electron chi connectivity index (χ3n) is 7.03. The molecule has 1 atom stereocenters. The molecule has 8 heteroatoms. The van der Waals surface area contributed by atoms with E-state index in [2.05, 4.69) is 4.90 Å². The lowest BCUT2D eigenvalue weighted by molar-refractivity contribution is -0.140. The molecule has 0 bridgehead atoms. The van der Waals surface area contributed by atoms with Crippen LogP contribution in [0, 0.1) is 0 Å². The molecule has 8 nitrogen and oxygen atoms in total. The predicted molar refractivity (Wildman–Crippen MR) is 151 cm³/mol. The van der Waals surface area contributed by atoms with Crippen molar-refractivity contribution in [2.75, 3.05) is 46.0 Å². The molecule has 1 amide bonds. The predicted octanol–water partition coefficient (Wildman–Crippen LogP) is 5.02. The highest BCUT2D eigenvalue weighted by Gasteiger charge is 2.46.